The van der Waals surface area contributed by atoms with Gasteiger partial charge in [-0.3, -0.25) is 4.79 Å². The molecule has 1 aromatic rings. The Labute approximate surface area is 119 Å². The molecule has 20 heavy (non-hydrogen) atoms. The molecule has 1 atom stereocenters. The van der Waals surface area contributed by atoms with Crippen LogP contribution in [-0.2, 0) is 0 Å². The van der Waals surface area contributed by atoms with Crippen molar-refractivity contribution in [1.82, 2.24) is 4.90 Å². The highest BCUT2D eigenvalue weighted by atomic mass is 16.5. The number of aliphatic hydroxyl groups is 1. The van der Waals surface area contributed by atoms with Crippen molar-refractivity contribution in [2.45, 2.75) is 19.3 Å². The minimum absolute atomic E-state index is 0.0809. The molecule has 110 valence electrons. The number of nitrogen functional groups attached to an aromatic ring is 1. The van der Waals surface area contributed by atoms with Crippen LogP contribution in [0.4, 0.5) is 5.69 Å². The van der Waals surface area contributed by atoms with Crippen molar-refractivity contribution in [3.05, 3.63) is 23.8 Å². The monoisotopic (exact) mass is 278 g/mol. The smallest absolute Gasteiger partial charge is 0.259 e. The largest absolute Gasteiger partial charge is 0.496 e. The fourth-order valence-electron chi connectivity index (χ4n) is 2.77. The summed E-state index contributed by atoms with van der Waals surface area (Å²) in [5, 5.41) is 9.04. The van der Waals surface area contributed by atoms with Crippen LogP contribution in [0.2, 0.25) is 0 Å². The molecule has 1 amide bonds. The van der Waals surface area contributed by atoms with Crippen LogP contribution in [-0.4, -0.2) is 42.7 Å². The molecular formula is C15H22N2O3. The third-order valence-electron chi connectivity index (χ3n) is 3.84. The second-order valence-corrected chi connectivity index (χ2v) is 5.20. The van der Waals surface area contributed by atoms with Crippen molar-refractivity contribution in [2.24, 2.45) is 5.92 Å². The zero-order valence-corrected chi connectivity index (χ0v) is 11.8. The quantitative estimate of drug-likeness (QED) is 0.819. The normalized spacial score (nSPS) is 18.9. The number of aliphatic hydroxyl groups excluding tert-OH is 1. The summed E-state index contributed by atoms with van der Waals surface area (Å²) < 4.78 is 5.24. The molecule has 0 spiro atoms. The van der Waals surface area contributed by atoms with Crippen molar-refractivity contribution in [1.29, 1.82) is 0 Å². The number of nitrogens with two attached hydrogens (primary N) is 1. The number of rotatable bonds is 4. The maximum Gasteiger partial charge on any atom is 0.259 e. The van der Waals surface area contributed by atoms with Crippen molar-refractivity contribution < 1.29 is 14.6 Å². The summed E-state index contributed by atoms with van der Waals surface area (Å²) in [6, 6.07) is 5.24. The van der Waals surface area contributed by atoms with Gasteiger partial charge in [-0.25, -0.2) is 0 Å². The van der Waals surface area contributed by atoms with Crippen molar-refractivity contribution in [2.75, 3.05) is 32.5 Å². The van der Waals surface area contributed by atoms with E-state index in [1.165, 1.54) is 7.11 Å². The zero-order valence-electron chi connectivity index (χ0n) is 11.8. The minimum atomic E-state index is -0.0809. The Hall–Kier alpha value is -1.75. The lowest BCUT2D eigenvalue weighted by Gasteiger charge is -2.33. The van der Waals surface area contributed by atoms with Gasteiger partial charge in [0.1, 0.15) is 11.3 Å². The van der Waals surface area contributed by atoms with Gasteiger partial charge >= 0.3 is 0 Å². The number of amides is 1. The number of hydrogen-bond donors (Lipinski definition) is 2. The van der Waals surface area contributed by atoms with Crippen molar-refractivity contribution in [3.63, 3.8) is 0 Å². The summed E-state index contributed by atoms with van der Waals surface area (Å²) in [6.07, 6.45) is 2.77. The first-order valence-corrected chi connectivity index (χ1v) is 7.00. The predicted molar refractivity (Wildman–Crippen MR) is 77.7 cm³/mol. The first-order chi connectivity index (χ1) is 9.67. The number of carbonyl (C=O) groups excluding carboxylic acids is 1. The van der Waals surface area contributed by atoms with E-state index < -0.39 is 0 Å². The highest BCUT2D eigenvalue weighted by Gasteiger charge is 2.27. The number of likely N-dealkylation sites (tertiary alicyclic amines) is 1. The zero-order chi connectivity index (χ0) is 14.5. The molecule has 0 aromatic heterocycles. The van der Waals surface area contributed by atoms with Gasteiger partial charge in [0, 0.05) is 25.4 Å². The number of piperidine rings is 1. The number of ether oxygens (including phenoxy) is 1. The average molecular weight is 278 g/mol. The van der Waals surface area contributed by atoms with E-state index in [2.05, 4.69) is 0 Å². The fraction of sp³-hybridized carbons (Fsp3) is 0.533. The van der Waals surface area contributed by atoms with Gasteiger partial charge in [-0.15, -0.1) is 0 Å². The van der Waals surface area contributed by atoms with Crippen LogP contribution in [0.25, 0.3) is 0 Å². The van der Waals surface area contributed by atoms with Gasteiger partial charge in [-0.1, -0.05) is 6.07 Å². The number of benzene rings is 1. The SMILES string of the molecule is COc1cccc(N)c1C(=O)N1CCCC(CCO)C1. The first-order valence-electron chi connectivity index (χ1n) is 7.00. The molecule has 5 heteroatoms. The molecule has 1 aromatic carbocycles. The van der Waals surface area contributed by atoms with E-state index in [9.17, 15) is 4.79 Å². The molecular weight excluding hydrogens is 256 g/mol. The number of carbonyl (C=O) groups is 1. The first kappa shape index (κ1) is 14.7. The molecule has 3 N–H and O–H groups in total. The number of methoxy groups -OCH3 is 1. The third-order valence-corrected chi connectivity index (χ3v) is 3.84. The van der Waals surface area contributed by atoms with Gasteiger partial charge in [0.05, 0.1) is 7.11 Å². The Bertz CT molecular complexity index is 474. The molecule has 0 saturated carbocycles. The number of nitrogens with zero attached hydrogens (tertiary/aromatic N) is 1. The molecule has 1 saturated heterocycles. The molecule has 0 aliphatic carbocycles. The molecule has 5 nitrogen and oxygen atoms in total. The van der Waals surface area contributed by atoms with Crippen LogP contribution in [0.5, 0.6) is 5.75 Å². The standard InChI is InChI=1S/C15H22N2O3/c1-20-13-6-2-5-12(16)14(13)15(19)17-8-3-4-11(10-17)7-9-18/h2,5-6,11,18H,3-4,7-10,16H2,1H3. The highest BCUT2D eigenvalue weighted by molar-refractivity contribution is 6.01. The molecule has 1 fully saturated rings. The summed E-state index contributed by atoms with van der Waals surface area (Å²) in [5.41, 5.74) is 6.82. The number of anilines is 1. The predicted octanol–water partition coefficient (Wildman–Crippen LogP) is 1.51. The van der Waals surface area contributed by atoms with Gasteiger partial charge in [0.2, 0.25) is 0 Å². The van der Waals surface area contributed by atoms with Gasteiger partial charge in [-0.05, 0) is 37.3 Å². The Kier molecular flexibility index (Phi) is 4.84. The summed E-state index contributed by atoms with van der Waals surface area (Å²) in [6.45, 7) is 1.58. The van der Waals surface area contributed by atoms with E-state index >= 15 is 0 Å². The van der Waals surface area contributed by atoms with Gasteiger partial charge in [0.25, 0.3) is 5.91 Å². The Balaban J connectivity index is 2.18. The summed E-state index contributed by atoms with van der Waals surface area (Å²) in [4.78, 5) is 14.5. The average Bonchev–Trinajstić information content (AvgIpc) is 2.47. The topological polar surface area (TPSA) is 75.8 Å². The van der Waals surface area contributed by atoms with Crippen molar-refractivity contribution in [3.8, 4) is 5.75 Å². The molecule has 1 unspecified atom stereocenters. The van der Waals surface area contributed by atoms with Crippen LogP contribution in [0.1, 0.15) is 29.6 Å². The number of hydrogen-bond acceptors (Lipinski definition) is 4. The fourth-order valence-corrected chi connectivity index (χ4v) is 2.77. The van der Waals surface area contributed by atoms with Crippen molar-refractivity contribution >= 4 is 11.6 Å². The van der Waals surface area contributed by atoms with E-state index in [-0.39, 0.29) is 12.5 Å². The third kappa shape index (κ3) is 3.04. The highest BCUT2D eigenvalue weighted by Crippen LogP contribution is 2.28. The second-order valence-electron chi connectivity index (χ2n) is 5.20. The molecule has 2 rings (SSSR count). The van der Waals surface area contributed by atoms with Gasteiger partial charge < -0.3 is 20.5 Å². The van der Waals surface area contributed by atoms with E-state index in [1.54, 1.807) is 18.2 Å². The van der Waals surface area contributed by atoms with Gasteiger partial charge in [-0.2, -0.15) is 0 Å². The van der Waals surface area contributed by atoms with E-state index in [1.807, 2.05) is 4.90 Å². The molecule has 0 radical (unpaired) electrons. The van der Waals surface area contributed by atoms with Gasteiger partial charge in [0.15, 0.2) is 0 Å². The Morgan fingerprint density at radius 3 is 3.05 bits per heavy atom. The Morgan fingerprint density at radius 1 is 1.55 bits per heavy atom. The molecule has 1 aliphatic heterocycles. The second kappa shape index (κ2) is 6.61. The lowest BCUT2D eigenvalue weighted by Crippen LogP contribution is -2.40. The lowest BCUT2D eigenvalue weighted by atomic mass is 9.94. The van der Waals surface area contributed by atoms with Crippen LogP contribution < -0.4 is 10.5 Å². The van der Waals surface area contributed by atoms with E-state index in [0.29, 0.717) is 29.5 Å². The maximum atomic E-state index is 12.7. The maximum absolute atomic E-state index is 12.7. The summed E-state index contributed by atoms with van der Waals surface area (Å²) in [5.74, 6) is 0.801. The van der Waals surface area contributed by atoms with E-state index in [4.69, 9.17) is 15.6 Å². The van der Waals surface area contributed by atoms with Crippen LogP contribution in [0.3, 0.4) is 0 Å². The lowest BCUT2D eigenvalue weighted by molar-refractivity contribution is 0.0651. The molecule has 0 bridgehead atoms. The van der Waals surface area contributed by atoms with Crippen LogP contribution >= 0.6 is 0 Å². The minimum Gasteiger partial charge on any atom is -0.496 e. The van der Waals surface area contributed by atoms with E-state index in [0.717, 1.165) is 25.8 Å². The van der Waals surface area contributed by atoms with Crippen LogP contribution in [0.15, 0.2) is 18.2 Å². The summed E-state index contributed by atoms with van der Waals surface area (Å²) >= 11 is 0. The molecule has 1 heterocycles. The Morgan fingerprint density at radius 2 is 2.35 bits per heavy atom. The van der Waals surface area contributed by atoms with Crippen LogP contribution in [0, 0.1) is 5.92 Å². The molecule has 1 aliphatic rings. The summed E-state index contributed by atoms with van der Waals surface area (Å²) in [7, 11) is 1.54.